The Morgan fingerprint density at radius 3 is 2.72 bits per heavy atom. The molecule has 7 nitrogen and oxygen atoms in total. The number of hydrogen-bond acceptors (Lipinski definition) is 4. The Balaban J connectivity index is 2.18. The van der Waals surface area contributed by atoms with Crippen molar-refractivity contribution in [2.24, 2.45) is 0 Å². The van der Waals surface area contributed by atoms with Crippen molar-refractivity contribution in [2.45, 2.75) is 39.2 Å². The summed E-state index contributed by atoms with van der Waals surface area (Å²) in [5.41, 5.74) is 1.11. The number of imidazole rings is 1. The Bertz CT molecular complexity index is 780. The molecule has 3 N–H and O–H groups in total. The molecule has 0 aliphatic carbocycles. The van der Waals surface area contributed by atoms with Crippen LogP contribution in [0.15, 0.2) is 24.3 Å². The van der Waals surface area contributed by atoms with E-state index < -0.39 is 11.5 Å². The SMILES string of the molecule is COc1cccc(-c2nc(C(=O)NC(C)(C)CCC(=O)O)c(C)[nH]2)c1. The van der Waals surface area contributed by atoms with Gasteiger partial charge in [-0.3, -0.25) is 9.59 Å². The first-order chi connectivity index (χ1) is 11.7. The monoisotopic (exact) mass is 345 g/mol. The second-order valence-electron chi connectivity index (χ2n) is 6.52. The van der Waals surface area contributed by atoms with Crippen molar-refractivity contribution in [3.63, 3.8) is 0 Å². The van der Waals surface area contributed by atoms with Crippen LogP contribution in [0, 0.1) is 6.92 Å². The van der Waals surface area contributed by atoms with E-state index in [0.717, 1.165) is 5.56 Å². The maximum absolute atomic E-state index is 12.5. The third-order valence-corrected chi connectivity index (χ3v) is 3.86. The van der Waals surface area contributed by atoms with Crippen LogP contribution < -0.4 is 10.1 Å². The topological polar surface area (TPSA) is 104 Å². The van der Waals surface area contributed by atoms with E-state index in [2.05, 4.69) is 15.3 Å². The number of carboxylic acid groups (broad SMARTS) is 1. The van der Waals surface area contributed by atoms with E-state index in [1.165, 1.54) is 0 Å². The molecule has 0 aliphatic heterocycles. The van der Waals surface area contributed by atoms with Crippen LogP contribution in [0.25, 0.3) is 11.4 Å². The van der Waals surface area contributed by atoms with Gasteiger partial charge in [0.2, 0.25) is 0 Å². The summed E-state index contributed by atoms with van der Waals surface area (Å²) < 4.78 is 5.20. The molecule has 2 rings (SSSR count). The highest BCUT2D eigenvalue weighted by molar-refractivity contribution is 5.94. The highest BCUT2D eigenvalue weighted by Crippen LogP contribution is 2.23. The number of ether oxygens (including phenoxy) is 1. The molecule has 1 amide bonds. The first-order valence-electron chi connectivity index (χ1n) is 7.97. The average molecular weight is 345 g/mol. The molecule has 134 valence electrons. The van der Waals surface area contributed by atoms with Gasteiger partial charge in [0, 0.05) is 23.2 Å². The maximum atomic E-state index is 12.5. The van der Waals surface area contributed by atoms with E-state index in [4.69, 9.17) is 9.84 Å². The zero-order valence-electron chi connectivity index (χ0n) is 14.8. The molecule has 0 saturated carbocycles. The van der Waals surface area contributed by atoms with Gasteiger partial charge in [-0.05, 0) is 39.3 Å². The van der Waals surface area contributed by atoms with Gasteiger partial charge >= 0.3 is 5.97 Å². The number of H-pyrrole nitrogens is 1. The molecule has 2 aromatic rings. The minimum Gasteiger partial charge on any atom is -0.497 e. The van der Waals surface area contributed by atoms with E-state index in [9.17, 15) is 9.59 Å². The number of aliphatic carboxylic acids is 1. The smallest absolute Gasteiger partial charge is 0.303 e. The molecule has 7 heteroatoms. The lowest BCUT2D eigenvalue weighted by atomic mass is 9.98. The largest absolute Gasteiger partial charge is 0.497 e. The average Bonchev–Trinajstić information content (AvgIpc) is 2.95. The van der Waals surface area contributed by atoms with Gasteiger partial charge in [-0.25, -0.2) is 4.98 Å². The summed E-state index contributed by atoms with van der Waals surface area (Å²) in [5.74, 6) is 0.0501. The number of nitrogens with zero attached hydrogens (tertiary/aromatic N) is 1. The van der Waals surface area contributed by atoms with Crippen LogP contribution in [-0.4, -0.2) is 39.6 Å². The van der Waals surface area contributed by atoms with Crippen LogP contribution in [0.3, 0.4) is 0 Å². The van der Waals surface area contributed by atoms with Crippen LogP contribution in [0.1, 0.15) is 42.9 Å². The molecular weight excluding hydrogens is 322 g/mol. The van der Waals surface area contributed by atoms with Gasteiger partial charge in [-0.2, -0.15) is 0 Å². The molecule has 0 bridgehead atoms. The molecule has 1 aromatic heterocycles. The van der Waals surface area contributed by atoms with Crippen LogP contribution in [0.4, 0.5) is 0 Å². The van der Waals surface area contributed by atoms with Crippen molar-refractivity contribution >= 4 is 11.9 Å². The van der Waals surface area contributed by atoms with Crippen molar-refractivity contribution in [1.29, 1.82) is 0 Å². The molecule has 1 aromatic carbocycles. The maximum Gasteiger partial charge on any atom is 0.303 e. The minimum atomic E-state index is -0.890. The molecular formula is C18H23N3O4. The summed E-state index contributed by atoms with van der Waals surface area (Å²) >= 11 is 0. The minimum absolute atomic E-state index is 0.0120. The summed E-state index contributed by atoms with van der Waals surface area (Å²) in [6.07, 6.45) is 0.322. The quantitative estimate of drug-likeness (QED) is 0.716. The third kappa shape index (κ3) is 4.82. The number of aryl methyl sites for hydroxylation is 1. The zero-order chi connectivity index (χ0) is 18.6. The summed E-state index contributed by atoms with van der Waals surface area (Å²) in [7, 11) is 1.59. The number of hydrogen-bond donors (Lipinski definition) is 3. The fraction of sp³-hybridized carbons (Fsp3) is 0.389. The van der Waals surface area contributed by atoms with Crippen LogP contribution in [0.5, 0.6) is 5.75 Å². The van der Waals surface area contributed by atoms with Crippen LogP contribution in [-0.2, 0) is 4.79 Å². The Morgan fingerprint density at radius 2 is 2.08 bits per heavy atom. The predicted octanol–water partition coefficient (Wildman–Crippen LogP) is 2.77. The number of carbonyl (C=O) groups excluding carboxylic acids is 1. The van der Waals surface area contributed by atoms with Gasteiger partial charge in [0.1, 0.15) is 17.3 Å². The molecule has 1 heterocycles. The number of aromatic nitrogens is 2. The Hall–Kier alpha value is -2.83. The number of aromatic amines is 1. The Labute approximate surface area is 146 Å². The summed E-state index contributed by atoms with van der Waals surface area (Å²) in [6, 6.07) is 7.38. The van der Waals surface area contributed by atoms with Crippen molar-refractivity contribution in [1.82, 2.24) is 15.3 Å². The number of benzene rings is 1. The first kappa shape index (κ1) is 18.5. The van der Waals surface area contributed by atoms with Crippen LogP contribution >= 0.6 is 0 Å². The van der Waals surface area contributed by atoms with Gasteiger partial charge in [0.25, 0.3) is 5.91 Å². The van der Waals surface area contributed by atoms with Gasteiger partial charge in [0.05, 0.1) is 7.11 Å². The van der Waals surface area contributed by atoms with E-state index in [-0.39, 0.29) is 12.3 Å². The zero-order valence-corrected chi connectivity index (χ0v) is 14.8. The first-order valence-corrected chi connectivity index (χ1v) is 7.97. The predicted molar refractivity (Wildman–Crippen MR) is 93.7 cm³/mol. The van der Waals surface area contributed by atoms with Gasteiger partial charge in [-0.15, -0.1) is 0 Å². The molecule has 0 fully saturated rings. The number of carboxylic acids is 1. The molecule has 25 heavy (non-hydrogen) atoms. The summed E-state index contributed by atoms with van der Waals surface area (Å²) in [4.78, 5) is 30.8. The van der Waals surface area contributed by atoms with Crippen molar-refractivity contribution < 1.29 is 19.4 Å². The van der Waals surface area contributed by atoms with E-state index in [0.29, 0.717) is 29.4 Å². The number of carbonyl (C=O) groups is 2. The van der Waals surface area contributed by atoms with Crippen molar-refractivity contribution in [3.05, 3.63) is 35.7 Å². The molecule has 0 spiro atoms. The van der Waals surface area contributed by atoms with E-state index in [1.54, 1.807) is 27.9 Å². The van der Waals surface area contributed by atoms with Crippen LogP contribution in [0.2, 0.25) is 0 Å². The van der Waals surface area contributed by atoms with E-state index in [1.807, 2.05) is 24.3 Å². The second-order valence-corrected chi connectivity index (χ2v) is 6.52. The molecule has 0 atom stereocenters. The Kier molecular flexibility index (Phi) is 5.46. The molecule has 0 aliphatic rings. The summed E-state index contributed by atoms with van der Waals surface area (Å²) in [5, 5.41) is 11.7. The van der Waals surface area contributed by atoms with Crippen molar-refractivity contribution in [2.75, 3.05) is 7.11 Å². The fourth-order valence-corrected chi connectivity index (χ4v) is 2.44. The number of amides is 1. The second kappa shape index (κ2) is 7.38. The van der Waals surface area contributed by atoms with E-state index >= 15 is 0 Å². The lowest BCUT2D eigenvalue weighted by Crippen LogP contribution is -2.44. The lowest BCUT2D eigenvalue weighted by Gasteiger charge is -2.25. The summed E-state index contributed by atoms with van der Waals surface area (Å²) in [6.45, 7) is 5.35. The highest BCUT2D eigenvalue weighted by atomic mass is 16.5. The normalized spacial score (nSPS) is 11.2. The molecule has 0 radical (unpaired) electrons. The van der Waals surface area contributed by atoms with Gasteiger partial charge in [0.15, 0.2) is 0 Å². The number of nitrogens with one attached hydrogen (secondary N) is 2. The Morgan fingerprint density at radius 1 is 1.36 bits per heavy atom. The third-order valence-electron chi connectivity index (χ3n) is 3.86. The standard InChI is InChI=1S/C18H23N3O4/c1-11-15(17(24)21-18(2,3)9-8-14(22)23)20-16(19-11)12-6-5-7-13(10-12)25-4/h5-7,10H,8-9H2,1-4H3,(H,19,20)(H,21,24)(H,22,23). The van der Waals surface area contributed by atoms with Gasteiger partial charge in [-0.1, -0.05) is 12.1 Å². The number of rotatable bonds is 7. The molecule has 0 saturated heterocycles. The van der Waals surface area contributed by atoms with Crippen molar-refractivity contribution in [3.8, 4) is 17.1 Å². The fourth-order valence-electron chi connectivity index (χ4n) is 2.44. The lowest BCUT2D eigenvalue weighted by molar-refractivity contribution is -0.137. The molecule has 0 unspecified atom stereocenters. The number of methoxy groups -OCH3 is 1. The van der Waals surface area contributed by atoms with Gasteiger partial charge < -0.3 is 20.1 Å². The highest BCUT2D eigenvalue weighted by Gasteiger charge is 2.25.